The molecule has 0 aromatic carbocycles. The van der Waals surface area contributed by atoms with E-state index in [1.54, 1.807) is 0 Å². The molecule has 0 radical (unpaired) electrons. The van der Waals surface area contributed by atoms with Crippen LogP contribution < -0.4 is 5.32 Å². The molecule has 1 unspecified atom stereocenters. The van der Waals surface area contributed by atoms with Crippen molar-refractivity contribution >= 4 is 9.84 Å². The molecule has 3 nitrogen and oxygen atoms in total. The topological polar surface area (TPSA) is 46.2 Å². The molecule has 1 heterocycles. The monoisotopic (exact) mass is 219 g/mol. The minimum atomic E-state index is -2.69. The highest BCUT2D eigenvalue weighted by atomic mass is 32.2. The molecule has 0 aromatic rings. The maximum atomic E-state index is 11.2. The van der Waals surface area contributed by atoms with E-state index in [4.69, 9.17) is 0 Å². The van der Waals surface area contributed by atoms with Crippen molar-refractivity contribution in [3.63, 3.8) is 0 Å². The van der Waals surface area contributed by atoms with Crippen LogP contribution in [0.1, 0.15) is 26.7 Å². The van der Waals surface area contributed by atoms with Crippen molar-refractivity contribution < 1.29 is 8.42 Å². The maximum Gasteiger partial charge on any atom is 0.150 e. The van der Waals surface area contributed by atoms with Crippen LogP contribution in [-0.4, -0.2) is 33.0 Å². The minimum absolute atomic E-state index is 0.354. The summed E-state index contributed by atoms with van der Waals surface area (Å²) < 4.78 is 22.3. The smallest absolute Gasteiger partial charge is 0.150 e. The molecule has 1 aliphatic heterocycles. The zero-order chi connectivity index (χ0) is 10.6. The molecular formula is C10H21NO2S. The second-order valence-corrected chi connectivity index (χ2v) is 6.88. The Kier molecular flexibility index (Phi) is 4.38. The summed E-state index contributed by atoms with van der Waals surface area (Å²) in [5.74, 6) is 1.85. The average Bonchev–Trinajstić information content (AvgIpc) is 2.39. The Labute approximate surface area is 87.2 Å². The molecule has 1 fully saturated rings. The summed E-state index contributed by atoms with van der Waals surface area (Å²) in [6.45, 7) is 6.27. The first-order valence-corrected chi connectivity index (χ1v) is 7.23. The molecule has 1 atom stereocenters. The van der Waals surface area contributed by atoms with Crippen LogP contribution in [0, 0.1) is 11.8 Å². The van der Waals surface area contributed by atoms with Gasteiger partial charge < -0.3 is 5.32 Å². The van der Waals surface area contributed by atoms with Gasteiger partial charge in [-0.1, -0.05) is 13.8 Å². The maximum absolute atomic E-state index is 11.2. The molecule has 0 bridgehead atoms. The number of rotatable bonds is 5. The Bertz CT molecular complexity index is 259. The van der Waals surface area contributed by atoms with Crippen LogP contribution in [0.25, 0.3) is 0 Å². The summed E-state index contributed by atoms with van der Waals surface area (Å²) in [7, 11) is -2.69. The van der Waals surface area contributed by atoms with E-state index in [2.05, 4.69) is 19.2 Å². The second kappa shape index (κ2) is 5.12. The Balaban J connectivity index is 2.09. The van der Waals surface area contributed by atoms with E-state index in [0.717, 1.165) is 25.4 Å². The van der Waals surface area contributed by atoms with Crippen molar-refractivity contribution in [1.29, 1.82) is 0 Å². The van der Waals surface area contributed by atoms with Crippen molar-refractivity contribution in [2.24, 2.45) is 11.8 Å². The molecule has 1 saturated heterocycles. The average molecular weight is 219 g/mol. The van der Waals surface area contributed by atoms with Gasteiger partial charge in [-0.2, -0.15) is 0 Å². The largest absolute Gasteiger partial charge is 0.316 e. The summed E-state index contributed by atoms with van der Waals surface area (Å²) >= 11 is 0. The lowest BCUT2D eigenvalue weighted by molar-refractivity contribution is 0.483. The van der Waals surface area contributed by atoms with Crippen LogP contribution in [0.5, 0.6) is 0 Å². The van der Waals surface area contributed by atoms with Gasteiger partial charge in [-0.05, 0) is 37.8 Å². The Morgan fingerprint density at radius 3 is 2.64 bits per heavy atom. The Hall–Kier alpha value is -0.0900. The van der Waals surface area contributed by atoms with Gasteiger partial charge in [0.2, 0.25) is 0 Å². The fourth-order valence-corrected chi connectivity index (χ4v) is 3.59. The SMILES string of the molecule is CC(C)CCNCC1CCS(=O)(=O)C1. The second-order valence-electron chi connectivity index (χ2n) is 4.66. The molecular weight excluding hydrogens is 198 g/mol. The number of hydrogen-bond donors (Lipinski definition) is 1. The van der Waals surface area contributed by atoms with Gasteiger partial charge in [0, 0.05) is 0 Å². The van der Waals surface area contributed by atoms with Gasteiger partial charge >= 0.3 is 0 Å². The molecule has 0 saturated carbocycles. The van der Waals surface area contributed by atoms with Crippen molar-refractivity contribution in [1.82, 2.24) is 5.32 Å². The molecule has 0 spiro atoms. The van der Waals surface area contributed by atoms with Crippen molar-refractivity contribution in [3.8, 4) is 0 Å². The highest BCUT2D eigenvalue weighted by molar-refractivity contribution is 7.91. The molecule has 4 heteroatoms. The van der Waals surface area contributed by atoms with E-state index in [9.17, 15) is 8.42 Å². The van der Waals surface area contributed by atoms with Crippen LogP contribution in [-0.2, 0) is 9.84 Å². The third-order valence-electron chi connectivity index (χ3n) is 2.66. The van der Waals surface area contributed by atoms with E-state index in [1.165, 1.54) is 6.42 Å². The first-order chi connectivity index (χ1) is 6.49. The molecule has 14 heavy (non-hydrogen) atoms. The van der Waals surface area contributed by atoms with Crippen molar-refractivity contribution in [2.45, 2.75) is 26.7 Å². The molecule has 1 N–H and O–H groups in total. The number of sulfone groups is 1. The predicted octanol–water partition coefficient (Wildman–Crippen LogP) is 1.06. The zero-order valence-electron chi connectivity index (χ0n) is 9.12. The normalized spacial score (nSPS) is 25.8. The molecule has 1 aliphatic rings. The summed E-state index contributed by atoms with van der Waals surface area (Å²) in [6, 6.07) is 0. The quantitative estimate of drug-likeness (QED) is 0.703. The third kappa shape index (κ3) is 4.42. The lowest BCUT2D eigenvalue weighted by Gasteiger charge is -2.10. The van der Waals surface area contributed by atoms with E-state index >= 15 is 0 Å². The van der Waals surface area contributed by atoms with Gasteiger partial charge in [0.25, 0.3) is 0 Å². The minimum Gasteiger partial charge on any atom is -0.316 e. The van der Waals surface area contributed by atoms with Crippen LogP contribution in [0.4, 0.5) is 0 Å². The van der Waals surface area contributed by atoms with Crippen molar-refractivity contribution in [2.75, 3.05) is 24.6 Å². The van der Waals surface area contributed by atoms with E-state index in [-0.39, 0.29) is 0 Å². The fraction of sp³-hybridized carbons (Fsp3) is 1.00. The van der Waals surface area contributed by atoms with Gasteiger partial charge in [0.1, 0.15) is 0 Å². The fourth-order valence-electron chi connectivity index (χ4n) is 1.73. The van der Waals surface area contributed by atoms with E-state index in [0.29, 0.717) is 17.4 Å². The first kappa shape index (κ1) is 12.0. The first-order valence-electron chi connectivity index (χ1n) is 5.41. The molecule has 0 amide bonds. The zero-order valence-corrected chi connectivity index (χ0v) is 9.94. The van der Waals surface area contributed by atoms with Crippen molar-refractivity contribution in [3.05, 3.63) is 0 Å². The molecule has 0 aliphatic carbocycles. The lowest BCUT2D eigenvalue weighted by Crippen LogP contribution is -2.25. The summed E-state index contributed by atoms with van der Waals surface area (Å²) in [6.07, 6.45) is 2.01. The van der Waals surface area contributed by atoms with Gasteiger partial charge in [0.15, 0.2) is 9.84 Å². The predicted molar refractivity (Wildman–Crippen MR) is 59.1 cm³/mol. The highest BCUT2D eigenvalue weighted by Crippen LogP contribution is 2.17. The number of hydrogen-bond acceptors (Lipinski definition) is 3. The van der Waals surface area contributed by atoms with E-state index < -0.39 is 9.84 Å². The van der Waals surface area contributed by atoms with Crippen LogP contribution >= 0.6 is 0 Å². The van der Waals surface area contributed by atoms with Crippen LogP contribution in [0.2, 0.25) is 0 Å². The summed E-state index contributed by atoms with van der Waals surface area (Å²) in [5.41, 5.74) is 0. The summed E-state index contributed by atoms with van der Waals surface area (Å²) in [5, 5.41) is 3.33. The van der Waals surface area contributed by atoms with Gasteiger partial charge in [-0.25, -0.2) is 8.42 Å². The lowest BCUT2D eigenvalue weighted by atomic mass is 10.1. The van der Waals surface area contributed by atoms with Gasteiger partial charge in [-0.3, -0.25) is 0 Å². The Morgan fingerprint density at radius 1 is 1.43 bits per heavy atom. The summed E-state index contributed by atoms with van der Waals surface area (Å²) in [4.78, 5) is 0. The van der Waals surface area contributed by atoms with Gasteiger partial charge in [-0.15, -0.1) is 0 Å². The molecule has 1 rings (SSSR count). The van der Waals surface area contributed by atoms with Crippen LogP contribution in [0.3, 0.4) is 0 Å². The van der Waals surface area contributed by atoms with E-state index in [1.807, 2.05) is 0 Å². The molecule has 0 aromatic heterocycles. The van der Waals surface area contributed by atoms with Crippen LogP contribution in [0.15, 0.2) is 0 Å². The third-order valence-corrected chi connectivity index (χ3v) is 4.50. The molecule has 84 valence electrons. The number of nitrogens with one attached hydrogen (secondary N) is 1. The Morgan fingerprint density at radius 2 is 2.14 bits per heavy atom. The standard InChI is InChI=1S/C10H21NO2S/c1-9(2)3-5-11-7-10-4-6-14(12,13)8-10/h9-11H,3-8H2,1-2H3. The highest BCUT2D eigenvalue weighted by Gasteiger charge is 2.27. The van der Waals surface area contributed by atoms with Gasteiger partial charge in [0.05, 0.1) is 11.5 Å².